The van der Waals surface area contributed by atoms with Crippen molar-refractivity contribution in [3.8, 4) is 11.8 Å². The summed E-state index contributed by atoms with van der Waals surface area (Å²) in [5.74, 6) is 5.85. The zero-order chi connectivity index (χ0) is 75.7. The Kier molecular flexibility index (Phi) is 80.4. The third kappa shape index (κ3) is 99.4. The summed E-state index contributed by atoms with van der Waals surface area (Å²) in [4.78, 5) is 10.2. The van der Waals surface area contributed by atoms with Crippen molar-refractivity contribution in [3.05, 3.63) is 21.6 Å². The van der Waals surface area contributed by atoms with Crippen LogP contribution in [-0.2, 0) is 33.2 Å². The van der Waals surface area contributed by atoms with Crippen LogP contribution in [0.5, 0.6) is 0 Å². The summed E-state index contributed by atoms with van der Waals surface area (Å²) >= 11 is 6.76. The van der Waals surface area contributed by atoms with Crippen molar-refractivity contribution in [1.29, 1.82) is 0 Å². The standard InChI is InChI=1S/C13H24O2.C11H20Br2O.C11H22O2.2C10H22O2.C10H22O.C9H18O.C7H14O2.CH4/c1-12(2,8-5-6-11-14)9-7-10-13(3,4)15;1-11(2,8-6-10(12)13)7-4-5-9-14-3;1-11(2,8-6-9-12)7-4-5-10-13-3;1-10(2,7-8-11)6-4-5-9-12-3;1-10(2,7-9-12-3)6-4-5-8-11;1-5-6-7-10(2,3)8-9-11-4;1-4-5-6-9(2,3)7-8-10;1-7(2)3-4-9-6(8)5-7;/h14-15H,5-6,8-9,11H2,1-4H3;6H,4-5,7-9H2,1-3H3;9H,4-8,10H2,1-3H3;2*11H,4-9H2,1-3H3;5-9H2,1-4H3;4-5,10H,6-8H2,1-3H3;6,8H,3-5H2,1-2H3;1H4/b;;;;;;5-4+;;. The number of allylic oxidation sites excluding steroid dienone is 3. The third-order valence-electron chi connectivity index (χ3n) is 17.1. The number of rotatable bonds is 44. The van der Waals surface area contributed by atoms with Gasteiger partial charge in [0, 0.05) is 114 Å². The molecule has 1 rings (SSSR count). The quantitative estimate of drug-likeness (QED) is 0.0146. The van der Waals surface area contributed by atoms with Crippen LogP contribution in [0.1, 0.15) is 332 Å². The van der Waals surface area contributed by atoms with Gasteiger partial charge in [0.25, 0.3) is 0 Å². The van der Waals surface area contributed by atoms with E-state index >= 15 is 0 Å². The fourth-order valence-corrected chi connectivity index (χ4v) is 9.96. The van der Waals surface area contributed by atoms with E-state index in [0.29, 0.717) is 59.9 Å². The predicted molar refractivity (Wildman–Crippen MR) is 427 cm³/mol. The average molecular weight is 1520 g/mol. The summed E-state index contributed by atoms with van der Waals surface area (Å²) in [6.45, 7) is 49.5. The van der Waals surface area contributed by atoms with Gasteiger partial charge in [-0.3, -0.25) is 0 Å². The summed E-state index contributed by atoms with van der Waals surface area (Å²) in [6, 6.07) is 0. The zero-order valence-corrected chi connectivity index (χ0v) is 70.9. The molecule has 6 N–H and O–H groups in total. The van der Waals surface area contributed by atoms with Gasteiger partial charge in [-0.05, 0) is 218 Å². The molecule has 1 aliphatic rings. The number of aldehydes is 1. The lowest BCUT2D eigenvalue weighted by Gasteiger charge is -2.32. The number of aliphatic hydroxyl groups excluding tert-OH is 5. The van der Waals surface area contributed by atoms with Gasteiger partial charge in [0.05, 0.1) is 10.00 Å². The molecule has 13 nitrogen and oxygen atoms in total. The number of carbonyl (C=O) groups excluding carboxylic acids is 1. The molecule has 0 aliphatic carbocycles. The molecule has 0 aromatic carbocycles. The highest BCUT2D eigenvalue weighted by Gasteiger charge is 2.27. The van der Waals surface area contributed by atoms with Crippen molar-refractivity contribution in [2.45, 2.75) is 344 Å². The molecule has 15 heteroatoms. The van der Waals surface area contributed by atoms with Crippen molar-refractivity contribution in [1.82, 2.24) is 0 Å². The molecule has 1 saturated heterocycles. The lowest BCUT2D eigenvalue weighted by molar-refractivity contribution is -0.154. The van der Waals surface area contributed by atoms with Crippen LogP contribution in [0.25, 0.3) is 0 Å². The molecule has 0 aromatic heterocycles. The lowest BCUT2D eigenvalue weighted by Crippen LogP contribution is -2.30. The van der Waals surface area contributed by atoms with Crippen molar-refractivity contribution in [2.75, 3.05) is 102 Å². The minimum Gasteiger partial charge on any atom is -0.396 e. The average Bonchev–Trinajstić information content (AvgIpc) is 2.53. The molecule has 0 bridgehead atoms. The number of aliphatic hydroxyl groups is 6. The van der Waals surface area contributed by atoms with Gasteiger partial charge in [-0.15, -0.1) is 0 Å². The number of halogens is 2. The smallest absolute Gasteiger partial charge is 0.155 e. The Morgan fingerprint density at radius 3 is 1.20 bits per heavy atom. The molecule has 0 aromatic rings. The first-order valence-electron chi connectivity index (χ1n) is 36.9. The number of methoxy groups -OCH3 is 5. The van der Waals surface area contributed by atoms with E-state index in [-0.39, 0.29) is 30.3 Å². The third-order valence-corrected chi connectivity index (χ3v) is 17.7. The molecule has 0 spiro atoms. The molecule has 0 saturated carbocycles. The first kappa shape index (κ1) is 112. The van der Waals surface area contributed by atoms with Crippen LogP contribution in [-0.4, -0.2) is 150 Å². The summed E-state index contributed by atoms with van der Waals surface area (Å²) in [7, 11) is 8.74. The Labute approximate surface area is 620 Å². The van der Waals surface area contributed by atoms with E-state index < -0.39 is 11.9 Å². The van der Waals surface area contributed by atoms with E-state index in [1.807, 2.05) is 6.92 Å². The predicted octanol–water partition coefficient (Wildman–Crippen LogP) is 21.8. The van der Waals surface area contributed by atoms with Crippen LogP contribution in [0.4, 0.5) is 0 Å². The summed E-state index contributed by atoms with van der Waals surface area (Å²) in [6.07, 6.45) is 38.3. The molecule has 1 atom stereocenters. The van der Waals surface area contributed by atoms with E-state index in [1.54, 1.807) is 49.4 Å². The summed E-state index contributed by atoms with van der Waals surface area (Å²) in [5.41, 5.74) is 1.67. The fourth-order valence-electron chi connectivity index (χ4n) is 9.64. The van der Waals surface area contributed by atoms with E-state index in [0.717, 1.165) is 145 Å². The van der Waals surface area contributed by atoms with Crippen molar-refractivity contribution in [2.24, 2.45) is 43.3 Å². The highest BCUT2D eigenvalue weighted by molar-refractivity contribution is 9.28. The van der Waals surface area contributed by atoms with Crippen LogP contribution in [0.2, 0.25) is 0 Å². The zero-order valence-electron chi connectivity index (χ0n) is 67.8. The maximum Gasteiger partial charge on any atom is 0.155 e. The fraction of sp³-hybridized carbons (Fsp3) is 0.915. The molecule has 0 radical (unpaired) electrons. The molecule has 1 fully saturated rings. The molecule has 1 aliphatic heterocycles. The van der Waals surface area contributed by atoms with Crippen LogP contribution in [0.3, 0.4) is 0 Å². The van der Waals surface area contributed by atoms with Gasteiger partial charge in [0.1, 0.15) is 11.9 Å². The second kappa shape index (κ2) is 69.6. The Morgan fingerprint density at radius 1 is 0.505 bits per heavy atom. The van der Waals surface area contributed by atoms with Gasteiger partial charge in [0.2, 0.25) is 0 Å². The number of hydrogen-bond acceptors (Lipinski definition) is 13. The topological polar surface area (TPSA) is 194 Å². The van der Waals surface area contributed by atoms with Crippen molar-refractivity contribution >= 4 is 38.1 Å². The van der Waals surface area contributed by atoms with Gasteiger partial charge < -0.3 is 63.9 Å². The highest BCUT2D eigenvalue weighted by atomic mass is 79.9. The Bertz CT molecular complexity index is 1760. The molecule has 0 amide bonds. The number of ether oxygens (including phenoxy) is 6. The second-order valence-electron chi connectivity index (χ2n) is 33.1. The van der Waals surface area contributed by atoms with Crippen LogP contribution < -0.4 is 0 Å². The van der Waals surface area contributed by atoms with E-state index in [4.69, 9.17) is 54.0 Å². The molecular weight excluding hydrogens is 1350 g/mol. The van der Waals surface area contributed by atoms with Crippen LogP contribution in [0.15, 0.2) is 21.6 Å². The number of hydrogen-bond donors (Lipinski definition) is 6. The van der Waals surface area contributed by atoms with Gasteiger partial charge in [-0.1, -0.05) is 200 Å². The first-order valence-corrected chi connectivity index (χ1v) is 38.5. The normalized spacial score (nSPS) is 13.9. The van der Waals surface area contributed by atoms with Gasteiger partial charge in [-0.25, -0.2) is 0 Å². The van der Waals surface area contributed by atoms with E-state index in [2.05, 4.69) is 180 Å². The summed E-state index contributed by atoms with van der Waals surface area (Å²) < 4.78 is 31.1. The monoisotopic (exact) mass is 1520 g/mol. The largest absolute Gasteiger partial charge is 0.396 e. The van der Waals surface area contributed by atoms with Gasteiger partial charge in [-0.2, -0.15) is 0 Å². The molecule has 588 valence electrons. The number of unbranched alkanes of at least 4 members (excludes halogenated alkanes) is 6. The Balaban J connectivity index is -0.000000156. The Morgan fingerprint density at radius 2 is 0.866 bits per heavy atom. The molecule has 1 heterocycles. The van der Waals surface area contributed by atoms with Crippen LogP contribution in [0, 0.1) is 55.2 Å². The minimum absolute atomic E-state index is 0. The SMILES string of the molecule is C.C/C=C/CC(C)(C)CCO.CC(C)(O)C#CCC(C)(C)CCCCO.CC1(C)CCOC(O)C1.CCCCC(C)(C)CCOC.COCCC(C)(C)CCCCO.COCCCCC(C)(C)CC=C(Br)Br.COCCCCC(C)(C)CCC=O.COCCCCC(C)(C)CCO. The number of carbonyl (C=O) groups is 1. The Hall–Kier alpha value is -0.810. The molecular formula is C82H168Br2O13. The summed E-state index contributed by atoms with van der Waals surface area (Å²) in [5, 5.41) is 53.2. The van der Waals surface area contributed by atoms with Gasteiger partial charge in [0.15, 0.2) is 6.29 Å². The molecule has 1 unspecified atom stereocenters. The van der Waals surface area contributed by atoms with Gasteiger partial charge >= 0.3 is 0 Å². The minimum atomic E-state index is -0.888. The second-order valence-corrected chi connectivity index (χ2v) is 35.8. The van der Waals surface area contributed by atoms with Crippen LogP contribution >= 0.6 is 31.9 Å². The maximum absolute atomic E-state index is 10.2. The lowest BCUT2D eigenvalue weighted by atomic mass is 9.83. The van der Waals surface area contributed by atoms with E-state index in [9.17, 15) is 9.90 Å². The molecule has 97 heavy (non-hydrogen) atoms. The maximum atomic E-state index is 10.2. The van der Waals surface area contributed by atoms with Crippen molar-refractivity contribution in [3.63, 3.8) is 0 Å². The van der Waals surface area contributed by atoms with Crippen molar-refractivity contribution < 1.29 is 63.9 Å². The van der Waals surface area contributed by atoms with E-state index in [1.165, 1.54) is 77.0 Å². The highest BCUT2D eigenvalue weighted by Crippen LogP contribution is 2.34. The first-order chi connectivity index (χ1) is 44.5.